The molecule has 0 saturated carbocycles. The third kappa shape index (κ3) is 2.72. The highest BCUT2D eigenvalue weighted by molar-refractivity contribution is 5.93. The highest BCUT2D eigenvalue weighted by Gasteiger charge is 2.34. The Balaban J connectivity index is 2.58. The van der Waals surface area contributed by atoms with Crippen LogP contribution in [-0.4, -0.2) is 29.0 Å². The largest absolute Gasteiger partial charge is 0.443 e. The molecule has 1 rings (SSSR count). The van der Waals surface area contributed by atoms with Crippen molar-refractivity contribution in [2.75, 3.05) is 6.54 Å². The molecule has 0 N–H and O–H groups in total. The van der Waals surface area contributed by atoms with E-state index in [1.807, 2.05) is 6.92 Å². The first-order valence-electron chi connectivity index (χ1n) is 4.83. The van der Waals surface area contributed by atoms with Crippen LogP contribution >= 0.6 is 0 Å². The summed E-state index contributed by atoms with van der Waals surface area (Å²) < 4.78 is 5.11. The highest BCUT2D eigenvalue weighted by Crippen LogP contribution is 2.19. The molecule has 14 heavy (non-hydrogen) atoms. The molecule has 1 atom stereocenters. The average molecular weight is 199 g/mol. The van der Waals surface area contributed by atoms with Gasteiger partial charge in [-0.05, 0) is 26.7 Å². The van der Waals surface area contributed by atoms with E-state index in [4.69, 9.17) is 4.74 Å². The summed E-state index contributed by atoms with van der Waals surface area (Å²) in [5.74, 6) is 0.113. The Morgan fingerprint density at radius 2 is 2.07 bits per heavy atom. The monoisotopic (exact) mass is 199 g/mol. The van der Waals surface area contributed by atoms with Gasteiger partial charge in [-0.1, -0.05) is 6.92 Å². The normalized spacial score (nSPS) is 22.7. The molecule has 1 aliphatic rings. The van der Waals surface area contributed by atoms with Crippen molar-refractivity contribution in [3.05, 3.63) is 0 Å². The summed E-state index contributed by atoms with van der Waals surface area (Å²) in [6.07, 6.45) is -0.0777. The van der Waals surface area contributed by atoms with Gasteiger partial charge in [-0.3, -0.25) is 4.79 Å². The van der Waals surface area contributed by atoms with Crippen molar-refractivity contribution in [1.82, 2.24) is 4.90 Å². The minimum Gasteiger partial charge on any atom is -0.443 e. The lowest BCUT2D eigenvalue weighted by molar-refractivity contribution is -0.127. The molecule has 1 saturated heterocycles. The summed E-state index contributed by atoms with van der Waals surface area (Å²) in [7, 11) is 0. The number of ether oxygens (including phenoxy) is 1. The van der Waals surface area contributed by atoms with Crippen molar-refractivity contribution in [3.8, 4) is 0 Å². The summed E-state index contributed by atoms with van der Waals surface area (Å²) >= 11 is 0. The number of imide groups is 1. The van der Waals surface area contributed by atoms with E-state index in [-0.39, 0.29) is 11.8 Å². The Kier molecular flexibility index (Phi) is 2.83. The van der Waals surface area contributed by atoms with E-state index >= 15 is 0 Å². The average Bonchev–Trinajstić information content (AvgIpc) is 2.26. The maximum Gasteiger partial charge on any atom is 0.417 e. The molecule has 4 heteroatoms. The van der Waals surface area contributed by atoms with E-state index in [1.54, 1.807) is 20.8 Å². The third-order valence-electron chi connectivity index (χ3n) is 1.93. The molecule has 1 heterocycles. The molecule has 0 aromatic rings. The van der Waals surface area contributed by atoms with Crippen molar-refractivity contribution in [3.63, 3.8) is 0 Å². The third-order valence-corrected chi connectivity index (χ3v) is 1.93. The van der Waals surface area contributed by atoms with Crippen LogP contribution in [0.25, 0.3) is 0 Å². The molecule has 0 radical (unpaired) electrons. The first-order chi connectivity index (χ1) is 6.29. The van der Waals surface area contributed by atoms with Crippen LogP contribution in [0.3, 0.4) is 0 Å². The van der Waals surface area contributed by atoms with Gasteiger partial charge in [-0.15, -0.1) is 0 Å². The molecule has 1 aliphatic heterocycles. The van der Waals surface area contributed by atoms with E-state index in [2.05, 4.69) is 0 Å². The van der Waals surface area contributed by atoms with Gasteiger partial charge in [0, 0.05) is 13.0 Å². The summed E-state index contributed by atoms with van der Waals surface area (Å²) in [6, 6.07) is 0. The smallest absolute Gasteiger partial charge is 0.417 e. The molecule has 0 spiro atoms. The number of nitrogens with zero attached hydrogens (tertiary/aromatic N) is 1. The zero-order chi connectivity index (χ0) is 10.9. The lowest BCUT2D eigenvalue weighted by atomic mass is 10.2. The summed E-state index contributed by atoms with van der Waals surface area (Å²) in [6.45, 7) is 7.79. The Hall–Kier alpha value is -1.06. The lowest BCUT2D eigenvalue weighted by Crippen LogP contribution is -2.37. The second-order valence-corrected chi connectivity index (χ2v) is 4.79. The molecule has 2 amide bonds. The first kappa shape index (κ1) is 11.0. The predicted octanol–water partition coefficient (Wildman–Crippen LogP) is 1.79. The number of likely N-dealkylation sites (tertiary alicyclic amines) is 1. The van der Waals surface area contributed by atoms with Crippen molar-refractivity contribution in [2.24, 2.45) is 5.92 Å². The minimum absolute atomic E-state index is 0.133. The van der Waals surface area contributed by atoms with Crippen LogP contribution in [0.1, 0.15) is 34.1 Å². The van der Waals surface area contributed by atoms with Gasteiger partial charge in [0.05, 0.1) is 0 Å². The van der Waals surface area contributed by atoms with Crippen molar-refractivity contribution in [2.45, 2.75) is 39.7 Å². The van der Waals surface area contributed by atoms with E-state index in [0.29, 0.717) is 13.0 Å². The van der Waals surface area contributed by atoms with Crippen molar-refractivity contribution in [1.29, 1.82) is 0 Å². The molecular weight excluding hydrogens is 182 g/mol. The molecule has 1 fully saturated rings. The van der Waals surface area contributed by atoms with Crippen molar-refractivity contribution < 1.29 is 14.3 Å². The van der Waals surface area contributed by atoms with Crippen LogP contribution in [0.5, 0.6) is 0 Å². The maximum absolute atomic E-state index is 11.5. The Morgan fingerprint density at radius 1 is 1.50 bits per heavy atom. The van der Waals surface area contributed by atoms with Crippen LogP contribution < -0.4 is 0 Å². The van der Waals surface area contributed by atoms with Gasteiger partial charge >= 0.3 is 6.09 Å². The van der Waals surface area contributed by atoms with Gasteiger partial charge in [0.1, 0.15) is 5.60 Å². The molecule has 0 aromatic carbocycles. The fourth-order valence-corrected chi connectivity index (χ4v) is 1.38. The van der Waals surface area contributed by atoms with Crippen LogP contribution in [0, 0.1) is 5.92 Å². The number of hydrogen-bond acceptors (Lipinski definition) is 3. The molecular formula is C10H17NO3. The number of carbonyl (C=O) groups is 2. The quantitative estimate of drug-likeness (QED) is 0.597. The van der Waals surface area contributed by atoms with Gasteiger partial charge in [0.25, 0.3) is 0 Å². The maximum atomic E-state index is 11.5. The molecule has 80 valence electrons. The zero-order valence-electron chi connectivity index (χ0n) is 9.16. The van der Waals surface area contributed by atoms with E-state index in [1.165, 1.54) is 4.90 Å². The van der Waals surface area contributed by atoms with Crippen LogP contribution in [0.2, 0.25) is 0 Å². The van der Waals surface area contributed by atoms with Gasteiger partial charge < -0.3 is 4.74 Å². The molecule has 0 bridgehead atoms. The SMILES string of the molecule is C[C@H]1CC(=O)N(C(=O)OC(C)(C)C)C1. The second-order valence-electron chi connectivity index (χ2n) is 4.79. The highest BCUT2D eigenvalue weighted by atomic mass is 16.6. The fraction of sp³-hybridized carbons (Fsp3) is 0.800. The standard InChI is InChI=1S/C10H17NO3/c1-7-5-8(12)11(6-7)9(13)14-10(2,3)4/h7H,5-6H2,1-4H3/t7-/m0/s1. The van der Waals surface area contributed by atoms with E-state index in [0.717, 1.165) is 0 Å². The van der Waals surface area contributed by atoms with E-state index in [9.17, 15) is 9.59 Å². The molecule has 0 aromatic heterocycles. The van der Waals surface area contributed by atoms with Crippen LogP contribution in [0.15, 0.2) is 0 Å². The molecule has 4 nitrogen and oxygen atoms in total. The molecule has 0 aliphatic carbocycles. The summed E-state index contributed by atoms with van der Waals surface area (Å²) in [5, 5.41) is 0. The fourth-order valence-electron chi connectivity index (χ4n) is 1.38. The van der Waals surface area contributed by atoms with Crippen LogP contribution in [0.4, 0.5) is 4.79 Å². The summed E-state index contributed by atoms with van der Waals surface area (Å²) in [5.41, 5.74) is -0.539. The van der Waals surface area contributed by atoms with Gasteiger partial charge in [0.15, 0.2) is 0 Å². The van der Waals surface area contributed by atoms with Gasteiger partial charge in [-0.25, -0.2) is 9.69 Å². The van der Waals surface area contributed by atoms with E-state index < -0.39 is 11.7 Å². The minimum atomic E-state index is -0.539. The number of rotatable bonds is 0. The Labute approximate surface area is 84.2 Å². The zero-order valence-corrected chi connectivity index (χ0v) is 9.16. The lowest BCUT2D eigenvalue weighted by Gasteiger charge is -2.23. The van der Waals surface area contributed by atoms with Gasteiger partial charge in [0.2, 0.25) is 5.91 Å². The van der Waals surface area contributed by atoms with Crippen LogP contribution in [-0.2, 0) is 9.53 Å². The summed E-state index contributed by atoms with van der Waals surface area (Å²) in [4.78, 5) is 24.0. The number of hydrogen-bond donors (Lipinski definition) is 0. The molecule has 0 unspecified atom stereocenters. The Morgan fingerprint density at radius 3 is 2.43 bits per heavy atom. The Bertz CT molecular complexity index is 255. The second kappa shape index (κ2) is 3.59. The number of amides is 2. The number of carbonyl (C=O) groups excluding carboxylic acids is 2. The topological polar surface area (TPSA) is 46.6 Å². The van der Waals surface area contributed by atoms with Crippen molar-refractivity contribution >= 4 is 12.0 Å². The van der Waals surface area contributed by atoms with Gasteiger partial charge in [-0.2, -0.15) is 0 Å². The predicted molar refractivity (Wildman–Crippen MR) is 51.7 cm³/mol. The first-order valence-corrected chi connectivity index (χ1v) is 4.83.